The highest BCUT2D eigenvalue weighted by atomic mass is 15.1. The van der Waals surface area contributed by atoms with Gasteiger partial charge in [-0.15, -0.1) is 0 Å². The molecule has 0 unspecified atom stereocenters. The Hall–Kier alpha value is -7.42. The number of rotatable bonds is 4. The van der Waals surface area contributed by atoms with Crippen LogP contribution in [0.5, 0.6) is 0 Å². The largest absolute Gasteiger partial charge is 0.310 e. The number of aromatic nitrogens is 1. The summed E-state index contributed by atoms with van der Waals surface area (Å²) in [7, 11) is 0. The Kier molecular flexibility index (Phi) is 8.20. The van der Waals surface area contributed by atoms with Crippen molar-refractivity contribution in [3.8, 4) is 27.9 Å². The fraction of sp³-hybridized carbons (Fsp3) is 0.0526. The summed E-state index contributed by atoms with van der Waals surface area (Å²) in [4.78, 5) is 2.42. The average Bonchev–Trinajstić information content (AvgIpc) is 3.90. The first kappa shape index (κ1) is 34.8. The van der Waals surface area contributed by atoms with Gasteiger partial charge in [0.15, 0.2) is 0 Å². The summed E-state index contributed by atoms with van der Waals surface area (Å²) in [6.07, 6.45) is 0. The Bertz CT molecular complexity index is 3130. The minimum atomic E-state index is -0.343. The molecule has 12 rings (SSSR count). The van der Waals surface area contributed by atoms with Crippen molar-refractivity contribution in [2.24, 2.45) is 0 Å². The Morgan fingerprint density at radius 3 is 1.58 bits per heavy atom. The standard InChI is InChI=1S/C38H27N.C19H15N/c1-26-22-24-28(25-23-26)39(27-12-3-2-4-13-27)36-21-11-20-35-37(36)31-16-7-10-19-34(31)38(35)32-17-8-5-14-29(32)30-15-6-9-18-33(30)38;1-14-11-12-19-17(13-14)16-9-5-6-10-18(16)20(19)15-7-3-2-4-8-15/h2-25H,1H3;2-13H,1H3. The third-order valence-corrected chi connectivity index (χ3v) is 12.4. The van der Waals surface area contributed by atoms with E-state index in [1.165, 1.54) is 88.8 Å². The van der Waals surface area contributed by atoms with Crippen LogP contribution in [0.2, 0.25) is 0 Å². The highest BCUT2D eigenvalue weighted by Crippen LogP contribution is 2.64. The van der Waals surface area contributed by atoms with Crippen LogP contribution in [0.15, 0.2) is 218 Å². The van der Waals surface area contributed by atoms with E-state index in [0.717, 1.165) is 11.4 Å². The summed E-state index contributed by atoms with van der Waals surface area (Å²) in [6, 6.07) is 79.4. The highest BCUT2D eigenvalue weighted by Gasteiger charge is 2.52. The van der Waals surface area contributed by atoms with Gasteiger partial charge in [0.05, 0.1) is 22.1 Å². The third-order valence-electron chi connectivity index (χ3n) is 12.4. The zero-order valence-electron chi connectivity index (χ0n) is 33.2. The molecule has 0 radical (unpaired) electrons. The van der Waals surface area contributed by atoms with Crippen molar-refractivity contribution < 1.29 is 0 Å². The lowest BCUT2D eigenvalue weighted by Gasteiger charge is -2.31. The summed E-state index contributed by atoms with van der Waals surface area (Å²) in [6.45, 7) is 4.29. The van der Waals surface area contributed by atoms with Crippen molar-refractivity contribution >= 4 is 38.9 Å². The van der Waals surface area contributed by atoms with E-state index in [1.54, 1.807) is 0 Å². The van der Waals surface area contributed by atoms with E-state index in [-0.39, 0.29) is 5.41 Å². The van der Waals surface area contributed by atoms with Crippen molar-refractivity contribution in [1.82, 2.24) is 4.57 Å². The lowest BCUT2D eigenvalue weighted by molar-refractivity contribution is 0.794. The molecule has 0 bridgehead atoms. The van der Waals surface area contributed by atoms with Crippen LogP contribution in [0.1, 0.15) is 33.4 Å². The van der Waals surface area contributed by atoms with Gasteiger partial charge in [0.25, 0.3) is 0 Å². The molecule has 0 atom stereocenters. The van der Waals surface area contributed by atoms with Crippen molar-refractivity contribution in [1.29, 1.82) is 0 Å². The van der Waals surface area contributed by atoms with Crippen molar-refractivity contribution in [2.75, 3.05) is 4.90 Å². The average molecular weight is 755 g/mol. The zero-order valence-corrected chi connectivity index (χ0v) is 33.2. The first-order chi connectivity index (χ1) is 29.1. The maximum Gasteiger partial charge on any atom is 0.0726 e. The van der Waals surface area contributed by atoms with Crippen molar-refractivity contribution in [2.45, 2.75) is 19.3 Å². The summed E-state index contributed by atoms with van der Waals surface area (Å²) >= 11 is 0. The number of fused-ring (bicyclic) bond motifs is 13. The Labute approximate surface area is 345 Å². The molecule has 1 spiro atoms. The molecule has 0 N–H and O–H groups in total. The summed E-state index contributed by atoms with van der Waals surface area (Å²) in [5, 5.41) is 2.64. The van der Waals surface area contributed by atoms with Gasteiger partial charge in [-0.05, 0) is 113 Å². The van der Waals surface area contributed by atoms with E-state index in [4.69, 9.17) is 0 Å². The fourth-order valence-corrected chi connectivity index (χ4v) is 9.95. The number of anilines is 3. The number of nitrogens with zero attached hydrogens (tertiary/aromatic N) is 2. The predicted molar refractivity (Wildman–Crippen MR) is 248 cm³/mol. The maximum atomic E-state index is 2.42. The Morgan fingerprint density at radius 2 is 0.881 bits per heavy atom. The SMILES string of the molecule is Cc1ccc(N(c2ccccc2)c2cccc3c2-c2ccccc2C32c3ccccc3-c3ccccc32)cc1.Cc1ccc2c(c1)c1ccccc1n2-c1ccccc1. The molecule has 0 amide bonds. The molecule has 280 valence electrons. The molecule has 59 heavy (non-hydrogen) atoms. The highest BCUT2D eigenvalue weighted by molar-refractivity contribution is 6.09. The lowest BCUT2D eigenvalue weighted by atomic mass is 9.70. The second-order valence-electron chi connectivity index (χ2n) is 15.8. The van der Waals surface area contributed by atoms with E-state index in [2.05, 4.69) is 242 Å². The van der Waals surface area contributed by atoms with Crippen LogP contribution in [-0.4, -0.2) is 4.57 Å². The van der Waals surface area contributed by atoms with Crippen LogP contribution in [0.25, 0.3) is 49.7 Å². The maximum absolute atomic E-state index is 2.42. The molecule has 2 aliphatic carbocycles. The van der Waals surface area contributed by atoms with Gasteiger partial charge in [-0.25, -0.2) is 0 Å². The topological polar surface area (TPSA) is 8.17 Å². The van der Waals surface area contributed by atoms with Crippen LogP contribution in [0.3, 0.4) is 0 Å². The molecule has 1 aromatic heterocycles. The predicted octanol–water partition coefficient (Wildman–Crippen LogP) is 14.9. The van der Waals surface area contributed by atoms with Gasteiger partial charge in [0.2, 0.25) is 0 Å². The number of benzene rings is 9. The van der Waals surface area contributed by atoms with Crippen LogP contribution < -0.4 is 4.90 Å². The van der Waals surface area contributed by atoms with E-state index in [9.17, 15) is 0 Å². The normalized spacial score (nSPS) is 12.7. The molecule has 9 aromatic carbocycles. The Morgan fingerprint density at radius 1 is 0.373 bits per heavy atom. The van der Waals surface area contributed by atoms with E-state index in [1.807, 2.05) is 0 Å². The quantitative estimate of drug-likeness (QED) is 0.174. The number of hydrogen-bond acceptors (Lipinski definition) is 1. The summed E-state index contributed by atoms with van der Waals surface area (Å²) < 4.78 is 2.34. The van der Waals surface area contributed by atoms with E-state index in [0.29, 0.717) is 0 Å². The van der Waals surface area contributed by atoms with E-state index < -0.39 is 0 Å². The molecule has 10 aromatic rings. The van der Waals surface area contributed by atoms with Crippen molar-refractivity contribution in [3.05, 3.63) is 252 Å². The smallest absolute Gasteiger partial charge is 0.0726 e. The van der Waals surface area contributed by atoms with Crippen LogP contribution in [0, 0.1) is 13.8 Å². The molecule has 0 fully saturated rings. The van der Waals surface area contributed by atoms with Gasteiger partial charge in [0, 0.05) is 33.4 Å². The second-order valence-corrected chi connectivity index (χ2v) is 15.8. The van der Waals surface area contributed by atoms with Gasteiger partial charge in [0.1, 0.15) is 0 Å². The first-order valence-corrected chi connectivity index (χ1v) is 20.5. The number of aryl methyl sites for hydroxylation is 2. The zero-order chi connectivity index (χ0) is 39.5. The van der Waals surface area contributed by atoms with Gasteiger partial charge in [-0.1, -0.05) is 169 Å². The fourth-order valence-electron chi connectivity index (χ4n) is 9.95. The molecule has 2 heteroatoms. The van der Waals surface area contributed by atoms with Gasteiger partial charge in [-0.2, -0.15) is 0 Å². The monoisotopic (exact) mass is 754 g/mol. The summed E-state index contributed by atoms with van der Waals surface area (Å²) in [5.74, 6) is 0. The number of para-hydroxylation sites is 3. The molecular weight excluding hydrogens is 713 g/mol. The molecule has 0 saturated heterocycles. The second kappa shape index (κ2) is 13.9. The molecule has 0 aliphatic heterocycles. The van der Waals surface area contributed by atoms with Gasteiger partial charge >= 0.3 is 0 Å². The lowest BCUT2D eigenvalue weighted by Crippen LogP contribution is -2.26. The molecule has 0 saturated carbocycles. The van der Waals surface area contributed by atoms with E-state index >= 15 is 0 Å². The Balaban J connectivity index is 0.000000166. The van der Waals surface area contributed by atoms with Crippen LogP contribution >= 0.6 is 0 Å². The summed E-state index contributed by atoms with van der Waals surface area (Å²) in [5.41, 5.74) is 20.2. The first-order valence-electron chi connectivity index (χ1n) is 20.5. The third kappa shape index (κ3) is 5.34. The molecular formula is C57H42N2. The van der Waals surface area contributed by atoms with Gasteiger partial charge < -0.3 is 9.47 Å². The van der Waals surface area contributed by atoms with Crippen LogP contribution in [-0.2, 0) is 5.41 Å². The molecule has 2 aliphatic rings. The number of hydrogen-bond donors (Lipinski definition) is 0. The molecule has 2 nitrogen and oxygen atoms in total. The van der Waals surface area contributed by atoms with Gasteiger partial charge in [-0.3, -0.25) is 0 Å². The molecule has 1 heterocycles. The minimum absolute atomic E-state index is 0.343. The minimum Gasteiger partial charge on any atom is -0.310 e. The van der Waals surface area contributed by atoms with Crippen LogP contribution in [0.4, 0.5) is 17.1 Å². The van der Waals surface area contributed by atoms with Crippen molar-refractivity contribution in [3.63, 3.8) is 0 Å².